The number of carboxylic acids is 1. The van der Waals surface area contributed by atoms with Gasteiger partial charge in [0.25, 0.3) is 0 Å². The van der Waals surface area contributed by atoms with Crippen molar-refractivity contribution in [3.63, 3.8) is 0 Å². The lowest BCUT2D eigenvalue weighted by Gasteiger charge is -2.41. The summed E-state index contributed by atoms with van der Waals surface area (Å²) < 4.78 is 10.4. The van der Waals surface area contributed by atoms with Gasteiger partial charge in [0.15, 0.2) is 0 Å². The predicted octanol–water partition coefficient (Wildman–Crippen LogP) is 0.751. The molecule has 0 atom stereocenters. The van der Waals surface area contributed by atoms with Crippen molar-refractivity contribution in [1.82, 2.24) is 4.90 Å². The molecule has 0 radical (unpaired) electrons. The van der Waals surface area contributed by atoms with E-state index in [1.807, 2.05) is 4.90 Å². The molecular formula is C14H23NO5. The van der Waals surface area contributed by atoms with E-state index in [1.165, 1.54) is 0 Å². The maximum Gasteiger partial charge on any atom is 0.306 e. The molecule has 2 fully saturated rings. The Kier molecular flexibility index (Phi) is 5.37. The van der Waals surface area contributed by atoms with Gasteiger partial charge in [-0.05, 0) is 25.7 Å². The molecule has 0 unspecified atom stereocenters. The molecule has 2 aliphatic rings. The van der Waals surface area contributed by atoms with Crippen molar-refractivity contribution in [1.29, 1.82) is 0 Å². The number of likely N-dealkylation sites (tertiary alicyclic amines) is 1. The highest BCUT2D eigenvalue weighted by Crippen LogP contribution is 2.31. The minimum atomic E-state index is -0.730. The number of methoxy groups -OCH3 is 1. The number of amides is 1. The molecule has 0 bridgehead atoms. The van der Waals surface area contributed by atoms with Crippen molar-refractivity contribution >= 4 is 11.9 Å². The van der Waals surface area contributed by atoms with Crippen molar-refractivity contribution in [3.8, 4) is 0 Å². The van der Waals surface area contributed by atoms with Gasteiger partial charge < -0.3 is 19.5 Å². The summed E-state index contributed by atoms with van der Waals surface area (Å²) in [7, 11) is 1.63. The second kappa shape index (κ2) is 7.04. The summed E-state index contributed by atoms with van der Waals surface area (Å²) in [6, 6.07) is 0. The Morgan fingerprint density at radius 1 is 1.10 bits per heavy atom. The first kappa shape index (κ1) is 15.3. The van der Waals surface area contributed by atoms with Gasteiger partial charge in [0.2, 0.25) is 5.91 Å². The lowest BCUT2D eigenvalue weighted by atomic mass is 9.81. The summed E-state index contributed by atoms with van der Waals surface area (Å²) in [5.74, 6) is -0.821. The van der Waals surface area contributed by atoms with E-state index < -0.39 is 5.97 Å². The molecule has 114 valence electrons. The molecular weight excluding hydrogens is 262 g/mol. The van der Waals surface area contributed by atoms with Crippen LogP contribution in [0.25, 0.3) is 0 Å². The molecule has 1 saturated heterocycles. The molecule has 6 heteroatoms. The Morgan fingerprint density at radius 2 is 1.70 bits per heavy atom. The topological polar surface area (TPSA) is 76.1 Å². The quantitative estimate of drug-likeness (QED) is 0.729. The van der Waals surface area contributed by atoms with Gasteiger partial charge in [-0.25, -0.2) is 0 Å². The second-order valence-corrected chi connectivity index (χ2v) is 5.62. The van der Waals surface area contributed by atoms with Gasteiger partial charge in [-0.2, -0.15) is 0 Å². The highest BCUT2D eigenvalue weighted by atomic mass is 16.5. The molecule has 1 amide bonds. The van der Waals surface area contributed by atoms with Gasteiger partial charge in [-0.1, -0.05) is 0 Å². The fourth-order valence-corrected chi connectivity index (χ4v) is 2.87. The number of carboxylic acid groups (broad SMARTS) is 1. The number of aliphatic carboxylic acids is 1. The molecule has 2 rings (SSSR count). The fraction of sp³-hybridized carbons (Fsp3) is 0.857. The smallest absolute Gasteiger partial charge is 0.306 e. The van der Waals surface area contributed by atoms with E-state index in [1.54, 1.807) is 7.11 Å². The van der Waals surface area contributed by atoms with E-state index in [-0.39, 0.29) is 23.8 Å². The van der Waals surface area contributed by atoms with Crippen molar-refractivity contribution in [2.24, 2.45) is 11.8 Å². The van der Waals surface area contributed by atoms with Crippen LogP contribution in [0.15, 0.2) is 0 Å². The lowest BCUT2D eigenvalue weighted by Crippen LogP contribution is -2.56. The maximum absolute atomic E-state index is 12.2. The Bertz CT molecular complexity index is 345. The molecule has 1 aliphatic heterocycles. The van der Waals surface area contributed by atoms with Gasteiger partial charge in [-0.3, -0.25) is 9.59 Å². The highest BCUT2D eigenvalue weighted by molar-refractivity contribution is 5.80. The monoisotopic (exact) mass is 285 g/mol. The van der Waals surface area contributed by atoms with E-state index >= 15 is 0 Å². The highest BCUT2D eigenvalue weighted by Gasteiger charge is 2.37. The number of carbonyl (C=O) groups is 2. The molecule has 0 spiro atoms. The molecule has 1 heterocycles. The average Bonchev–Trinajstić information content (AvgIpc) is 2.41. The van der Waals surface area contributed by atoms with Gasteiger partial charge in [0.1, 0.15) is 0 Å². The number of hydrogen-bond donors (Lipinski definition) is 1. The Balaban J connectivity index is 1.66. The van der Waals surface area contributed by atoms with Gasteiger partial charge in [-0.15, -0.1) is 0 Å². The lowest BCUT2D eigenvalue weighted by molar-refractivity contribution is -0.153. The van der Waals surface area contributed by atoms with E-state index in [0.29, 0.717) is 52.0 Å². The van der Waals surface area contributed by atoms with E-state index in [2.05, 4.69) is 0 Å². The van der Waals surface area contributed by atoms with Gasteiger partial charge >= 0.3 is 5.97 Å². The van der Waals surface area contributed by atoms with Crippen molar-refractivity contribution in [2.45, 2.75) is 31.8 Å². The van der Waals surface area contributed by atoms with Crippen LogP contribution in [-0.2, 0) is 19.1 Å². The SMILES string of the molecule is COCCOC1CN(C(=O)C2CCC(C(=O)O)CC2)C1. The Hall–Kier alpha value is -1.14. The van der Waals surface area contributed by atoms with Crippen LogP contribution in [0.5, 0.6) is 0 Å². The van der Waals surface area contributed by atoms with Crippen molar-refractivity contribution < 1.29 is 24.2 Å². The van der Waals surface area contributed by atoms with Crippen LogP contribution < -0.4 is 0 Å². The summed E-state index contributed by atoms with van der Waals surface area (Å²) in [6.45, 7) is 2.44. The number of ether oxygens (including phenoxy) is 2. The molecule has 0 aromatic heterocycles. The molecule has 20 heavy (non-hydrogen) atoms. The van der Waals surface area contributed by atoms with E-state index in [0.717, 1.165) is 0 Å². The summed E-state index contributed by atoms with van der Waals surface area (Å²) in [5.41, 5.74) is 0. The maximum atomic E-state index is 12.2. The fourth-order valence-electron chi connectivity index (χ4n) is 2.87. The largest absolute Gasteiger partial charge is 0.481 e. The molecule has 6 nitrogen and oxygen atoms in total. The third kappa shape index (κ3) is 3.70. The average molecular weight is 285 g/mol. The third-order valence-corrected chi connectivity index (χ3v) is 4.23. The van der Waals surface area contributed by atoms with E-state index in [4.69, 9.17) is 14.6 Å². The summed E-state index contributed by atoms with van der Waals surface area (Å²) in [5, 5.41) is 8.95. The summed E-state index contributed by atoms with van der Waals surface area (Å²) >= 11 is 0. The van der Waals surface area contributed by atoms with Gasteiger partial charge in [0.05, 0.1) is 25.2 Å². The summed E-state index contributed by atoms with van der Waals surface area (Å²) in [4.78, 5) is 24.9. The zero-order valence-electron chi connectivity index (χ0n) is 11.9. The number of nitrogens with zero attached hydrogens (tertiary/aromatic N) is 1. The first-order chi connectivity index (χ1) is 9.61. The van der Waals surface area contributed by atoms with Crippen LogP contribution in [0, 0.1) is 11.8 Å². The zero-order chi connectivity index (χ0) is 14.5. The number of rotatable bonds is 6. The normalized spacial score (nSPS) is 27.1. The van der Waals surface area contributed by atoms with Crippen LogP contribution in [0.2, 0.25) is 0 Å². The Labute approximate surface area is 119 Å². The van der Waals surface area contributed by atoms with Gasteiger partial charge in [0, 0.05) is 26.1 Å². The number of hydrogen-bond acceptors (Lipinski definition) is 4. The molecule has 1 saturated carbocycles. The van der Waals surface area contributed by atoms with Crippen LogP contribution in [-0.4, -0.2) is 61.4 Å². The van der Waals surface area contributed by atoms with Crippen molar-refractivity contribution in [3.05, 3.63) is 0 Å². The van der Waals surface area contributed by atoms with Crippen molar-refractivity contribution in [2.75, 3.05) is 33.4 Å². The molecule has 0 aromatic rings. The zero-order valence-corrected chi connectivity index (χ0v) is 11.9. The van der Waals surface area contributed by atoms with Crippen LogP contribution in [0.3, 0.4) is 0 Å². The Morgan fingerprint density at radius 3 is 2.25 bits per heavy atom. The molecule has 0 aromatic carbocycles. The third-order valence-electron chi connectivity index (χ3n) is 4.23. The standard InChI is InChI=1S/C14H23NO5/c1-19-6-7-20-12-8-15(9-12)13(16)10-2-4-11(5-3-10)14(17)18/h10-12H,2-9H2,1H3,(H,17,18). The minimum absolute atomic E-state index is 0.00512. The first-order valence-electron chi connectivity index (χ1n) is 7.24. The molecule has 1 N–H and O–H groups in total. The van der Waals surface area contributed by atoms with E-state index in [9.17, 15) is 9.59 Å². The second-order valence-electron chi connectivity index (χ2n) is 5.62. The van der Waals surface area contributed by atoms with Crippen LogP contribution >= 0.6 is 0 Å². The van der Waals surface area contributed by atoms with Crippen LogP contribution in [0.4, 0.5) is 0 Å². The number of carbonyl (C=O) groups excluding carboxylic acids is 1. The molecule has 1 aliphatic carbocycles. The van der Waals surface area contributed by atoms with Crippen LogP contribution in [0.1, 0.15) is 25.7 Å². The summed E-state index contributed by atoms with van der Waals surface area (Å²) in [6.07, 6.45) is 2.76. The minimum Gasteiger partial charge on any atom is -0.481 e. The predicted molar refractivity (Wildman–Crippen MR) is 71.3 cm³/mol. The first-order valence-corrected chi connectivity index (χ1v) is 7.24.